The number of aliphatic carboxylic acids is 1. The first-order valence-corrected chi connectivity index (χ1v) is 6.77. The zero-order valence-electron chi connectivity index (χ0n) is 12.4. The summed E-state index contributed by atoms with van der Waals surface area (Å²) in [6.45, 7) is 4.88. The van der Waals surface area contributed by atoms with Gasteiger partial charge in [0.2, 0.25) is 0 Å². The van der Waals surface area contributed by atoms with E-state index in [0.717, 1.165) is 0 Å². The van der Waals surface area contributed by atoms with Gasteiger partial charge in [0, 0.05) is 12.6 Å². The van der Waals surface area contributed by atoms with Gasteiger partial charge in [-0.05, 0) is 32.9 Å². The van der Waals surface area contributed by atoms with E-state index in [1.807, 2.05) is 0 Å². The number of carbonyl (C=O) groups excluding carboxylic acids is 1. The highest BCUT2D eigenvalue weighted by Crippen LogP contribution is 2.27. The summed E-state index contributed by atoms with van der Waals surface area (Å²) < 4.78 is 5.07. The number of urea groups is 1. The number of halogens is 1. The number of hydrogen-bond donors (Lipinski definition) is 2. The fourth-order valence-corrected chi connectivity index (χ4v) is 1.98. The summed E-state index contributed by atoms with van der Waals surface area (Å²) in [5, 5.41) is 12.2. The van der Waals surface area contributed by atoms with Crippen LogP contribution < -0.4 is 10.1 Å². The molecule has 0 fully saturated rings. The number of benzene rings is 1. The summed E-state index contributed by atoms with van der Waals surface area (Å²) >= 11 is 6.02. The maximum absolute atomic E-state index is 12.3. The Morgan fingerprint density at radius 1 is 1.43 bits per heavy atom. The Balaban J connectivity index is 3.01. The summed E-state index contributed by atoms with van der Waals surface area (Å²) in [4.78, 5) is 24.8. The number of amides is 2. The lowest BCUT2D eigenvalue weighted by molar-refractivity contribution is -0.147. The molecule has 0 aliphatic carbocycles. The van der Waals surface area contributed by atoms with Crippen LogP contribution in [0.2, 0.25) is 5.02 Å². The van der Waals surface area contributed by atoms with E-state index in [2.05, 4.69) is 5.32 Å². The molecule has 1 rings (SSSR count). The monoisotopic (exact) mass is 314 g/mol. The van der Waals surface area contributed by atoms with Gasteiger partial charge >= 0.3 is 12.0 Å². The molecule has 2 amide bonds. The van der Waals surface area contributed by atoms with Gasteiger partial charge in [-0.2, -0.15) is 0 Å². The van der Waals surface area contributed by atoms with Crippen LogP contribution in [-0.2, 0) is 4.79 Å². The molecule has 0 aliphatic rings. The van der Waals surface area contributed by atoms with Crippen LogP contribution in [0, 0.1) is 0 Å². The Bertz CT molecular complexity index is 546. The van der Waals surface area contributed by atoms with Crippen LogP contribution in [0.5, 0.6) is 5.75 Å². The zero-order chi connectivity index (χ0) is 16.2. The number of carbonyl (C=O) groups is 2. The van der Waals surface area contributed by atoms with E-state index in [1.54, 1.807) is 25.1 Å². The number of rotatable bonds is 5. The molecule has 2 N–H and O–H groups in total. The smallest absolute Gasteiger partial charge is 0.329 e. The van der Waals surface area contributed by atoms with Gasteiger partial charge in [0.05, 0.1) is 17.8 Å². The molecule has 0 aliphatic heterocycles. The summed E-state index contributed by atoms with van der Waals surface area (Å²) in [5.74, 6) is -0.550. The van der Waals surface area contributed by atoms with Gasteiger partial charge in [0.15, 0.2) is 0 Å². The van der Waals surface area contributed by atoms with E-state index < -0.39 is 17.5 Å². The van der Waals surface area contributed by atoms with E-state index in [4.69, 9.17) is 16.3 Å². The molecule has 21 heavy (non-hydrogen) atoms. The molecule has 0 aromatic heterocycles. The van der Waals surface area contributed by atoms with Gasteiger partial charge in [0.25, 0.3) is 0 Å². The Kier molecular flexibility index (Phi) is 5.43. The highest BCUT2D eigenvalue weighted by atomic mass is 35.5. The zero-order valence-corrected chi connectivity index (χ0v) is 13.2. The lowest BCUT2D eigenvalue weighted by atomic mass is 10.0. The lowest BCUT2D eigenvalue weighted by Crippen LogP contribution is -2.54. The standard InChI is InChI=1S/C14H19ClN2O4/c1-5-17(14(2,3)12(18)19)13(20)16-11-8-9(21-4)6-7-10(11)15/h6-8H,5H2,1-4H3,(H,16,20)(H,18,19). The van der Waals surface area contributed by atoms with Crippen LogP contribution in [0.4, 0.5) is 10.5 Å². The lowest BCUT2D eigenvalue weighted by Gasteiger charge is -2.34. The number of nitrogens with one attached hydrogen (secondary N) is 1. The number of carboxylic acids is 1. The Morgan fingerprint density at radius 2 is 2.05 bits per heavy atom. The van der Waals surface area contributed by atoms with Crippen LogP contribution in [-0.4, -0.2) is 41.2 Å². The molecule has 0 unspecified atom stereocenters. The highest BCUT2D eigenvalue weighted by molar-refractivity contribution is 6.33. The third kappa shape index (κ3) is 3.78. The van der Waals surface area contributed by atoms with Gasteiger partial charge in [-0.1, -0.05) is 11.6 Å². The van der Waals surface area contributed by atoms with E-state index in [-0.39, 0.29) is 6.54 Å². The van der Waals surface area contributed by atoms with Crippen molar-refractivity contribution in [2.45, 2.75) is 26.3 Å². The number of nitrogens with zero attached hydrogens (tertiary/aromatic N) is 1. The molecule has 0 saturated carbocycles. The van der Waals surface area contributed by atoms with Gasteiger partial charge in [-0.15, -0.1) is 0 Å². The molecule has 6 nitrogen and oxygen atoms in total. The minimum absolute atomic E-state index is 0.243. The van der Waals surface area contributed by atoms with Crippen molar-refractivity contribution >= 4 is 29.3 Å². The fraction of sp³-hybridized carbons (Fsp3) is 0.429. The fourth-order valence-electron chi connectivity index (χ4n) is 1.82. The predicted molar refractivity (Wildman–Crippen MR) is 81.1 cm³/mol. The Morgan fingerprint density at radius 3 is 2.52 bits per heavy atom. The summed E-state index contributed by atoms with van der Waals surface area (Å²) in [5.41, 5.74) is -0.967. The highest BCUT2D eigenvalue weighted by Gasteiger charge is 2.37. The van der Waals surface area contributed by atoms with Gasteiger partial charge in [-0.25, -0.2) is 9.59 Å². The van der Waals surface area contributed by atoms with Gasteiger partial charge in [0.1, 0.15) is 11.3 Å². The van der Waals surface area contributed by atoms with Crippen molar-refractivity contribution in [3.63, 3.8) is 0 Å². The first-order chi connectivity index (χ1) is 9.73. The normalized spacial score (nSPS) is 10.9. The summed E-state index contributed by atoms with van der Waals surface area (Å²) in [6.07, 6.45) is 0. The van der Waals surface area contributed by atoms with E-state index in [9.17, 15) is 14.7 Å². The molecule has 116 valence electrons. The van der Waals surface area contributed by atoms with Crippen molar-refractivity contribution in [3.05, 3.63) is 23.2 Å². The Labute approximate surface area is 128 Å². The third-order valence-corrected chi connectivity index (χ3v) is 3.50. The van der Waals surface area contributed by atoms with Crippen LogP contribution in [0.25, 0.3) is 0 Å². The number of methoxy groups -OCH3 is 1. The molecule has 0 saturated heterocycles. The second-order valence-electron chi connectivity index (χ2n) is 4.88. The topological polar surface area (TPSA) is 78.9 Å². The summed E-state index contributed by atoms with van der Waals surface area (Å²) in [6, 6.07) is 4.29. The maximum atomic E-state index is 12.3. The van der Waals surface area contributed by atoms with Gasteiger partial charge < -0.3 is 20.1 Å². The molecule has 7 heteroatoms. The average molecular weight is 315 g/mol. The number of hydrogen-bond acceptors (Lipinski definition) is 3. The molecular formula is C14H19ClN2O4. The predicted octanol–water partition coefficient (Wildman–Crippen LogP) is 3.07. The van der Waals surface area contributed by atoms with Gasteiger partial charge in [-0.3, -0.25) is 0 Å². The molecule has 1 aromatic carbocycles. The maximum Gasteiger partial charge on any atom is 0.329 e. The van der Waals surface area contributed by atoms with Crippen molar-refractivity contribution in [3.8, 4) is 5.75 Å². The molecule has 0 radical (unpaired) electrons. The summed E-state index contributed by atoms with van der Waals surface area (Å²) in [7, 11) is 1.50. The number of carboxylic acid groups (broad SMARTS) is 1. The van der Waals surface area contributed by atoms with E-state index >= 15 is 0 Å². The molecule has 0 heterocycles. The molecule has 0 bridgehead atoms. The minimum atomic E-state index is -1.33. The first-order valence-electron chi connectivity index (χ1n) is 6.39. The van der Waals surface area contributed by atoms with Crippen molar-refractivity contribution < 1.29 is 19.4 Å². The second-order valence-corrected chi connectivity index (χ2v) is 5.29. The number of ether oxygens (including phenoxy) is 1. The molecule has 0 spiro atoms. The quantitative estimate of drug-likeness (QED) is 0.875. The minimum Gasteiger partial charge on any atom is -0.497 e. The number of likely N-dealkylation sites (N-methyl/N-ethyl adjacent to an activating group) is 1. The van der Waals surface area contributed by atoms with E-state index in [0.29, 0.717) is 16.5 Å². The number of anilines is 1. The average Bonchev–Trinajstić information content (AvgIpc) is 2.41. The van der Waals surface area contributed by atoms with Crippen LogP contribution >= 0.6 is 11.6 Å². The van der Waals surface area contributed by atoms with Crippen molar-refractivity contribution in [1.29, 1.82) is 0 Å². The van der Waals surface area contributed by atoms with Crippen LogP contribution in [0.3, 0.4) is 0 Å². The molecular weight excluding hydrogens is 296 g/mol. The van der Waals surface area contributed by atoms with Crippen molar-refractivity contribution in [2.75, 3.05) is 19.0 Å². The van der Waals surface area contributed by atoms with Crippen molar-refractivity contribution in [2.24, 2.45) is 0 Å². The largest absolute Gasteiger partial charge is 0.497 e. The Hall–Kier alpha value is -1.95. The SMILES string of the molecule is CCN(C(=O)Nc1cc(OC)ccc1Cl)C(C)(C)C(=O)O. The van der Waals surface area contributed by atoms with Crippen LogP contribution in [0.15, 0.2) is 18.2 Å². The van der Waals surface area contributed by atoms with E-state index in [1.165, 1.54) is 25.9 Å². The van der Waals surface area contributed by atoms with Crippen molar-refractivity contribution in [1.82, 2.24) is 4.90 Å². The van der Waals surface area contributed by atoms with Crippen LogP contribution in [0.1, 0.15) is 20.8 Å². The molecule has 0 atom stereocenters. The second kappa shape index (κ2) is 6.67. The molecule has 1 aromatic rings. The third-order valence-electron chi connectivity index (χ3n) is 3.17. The first kappa shape index (κ1) is 17.1.